The van der Waals surface area contributed by atoms with E-state index in [1.54, 1.807) is 4.90 Å². The zero-order chi connectivity index (χ0) is 9.42. The van der Waals surface area contributed by atoms with Crippen LogP contribution in [0.5, 0.6) is 0 Å². The predicted octanol–water partition coefficient (Wildman–Crippen LogP) is 2.27. The van der Waals surface area contributed by atoms with Crippen molar-refractivity contribution < 1.29 is 4.79 Å². The topological polar surface area (TPSA) is 34.4 Å². The Bertz CT molecular complexity index is 347. The molecule has 1 aromatic rings. The maximum atomic E-state index is 11.4. The van der Waals surface area contributed by atoms with Gasteiger partial charge in [0, 0.05) is 6.04 Å². The molecule has 2 amide bonds. The SMILES string of the molecule is CC(C)N1C(=O)[N]c2ccccc21. The van der Waals surface area contributed by atoms with E-state index in [-0.39, 0.29) is 12.1 Å². The lowest BCUT2D eigenvalue weighted by atomic mass is 10.2. The maximum Gasteiger partial charge on any atom is 0.348 e. The van der Waals surface area contributed by atoms with Crippen LogP contribution in [-0.4, -0.2) is 12.1 Å². The van der Waals surface area contributed by atoms with Crippen molar-refractivity contribution in [3.63, 3.8) is 0 Å². The van der Waals surface area contributed by atoms with Gasteiger partial charge in [-0.05, 0) is 26.0 Å². The summed E-state index contributed by atoms with van der Waals surface area (Å²) in [6.45, 7) is 3.96. The zero-order valence-corrected chi connectivity index (χ0v) is 7.69. The van der Waals surface area contributed by atoms with Crippen LogP contribution in [-0.2, 0) is 0 Å². The molecule has 1 heterocycles. The first-order chi connectivity index (χ1) is 6.20. The van der Waals surface area contributed by atoms with E-state index in [0.29, 0.717) is 0 Å². The standard InChI is InChI=1S/C10H11N2O/c1-7(2)12-9-6-4-3-5-8(9)11-10(12)13/h3-7H,1-2H3. The van der Waals surface area contributed by atoms with Crippen LogP contribution in [0.3, 0.4) is 0 Å². The quantitative estimate of drug-likeness (QED) is 0.644. The minimum absolute atomic E-state index is 0.156. The summed E-state index contributed by atoms with van der Waals surface area (Å²) >= 11 is 0. The highest BCUT2D eigenvalue weighted by Crippen LogP contribution is 2.33. The number of hydrogen-bond donors (Lipinski definition) is 0. The summed E-state index contributed by atoms with van der Waals surface area (Å²) in [5.74, 6) is 0. The van der Waals surface area contributed by atoms with Gasteiger partial charge in [0.05, 0.1) is 11.4 Å². The molecular formula is C10H11N2O. The van der Waals surface area contributed by atoms with Crippen molar-refractivity contribution in [2.24, 2.45) is 0 Å². The number of urea groups is 1. The van der Waals surface area contributed by atoms with Gasteiger partial charge in [0.25, 0.3) is 0 Å². The highest BCUT2D eigenvalue weighted by Gasteiger charge is 2.29. The Morgan fingerprint density at radius 2 is 2.00 bits per heavy atom. The minimum Gasteiger partial charge on any atom is -0.288 e. The van der Waals surface area contributed by atoms with Crippen LogP contribution in [0.1, 0.15) is 13.8 Å². The van der Waals surface area contributed by atoms with Crippen molar-refractivity contribution in [1.29, 1.82) is 0 Å². The molecule has 3 heteroatoms. The van der Waals surface area contributed by atoms with Crippen LogP contribution >= 0.6 is 0 Å². The fourth-order valence-corrected chi connectivity index (χ4v) is 1.52. The molecule has 1 radical (unpaired) electrons. The van der Waals surface area contributed by atoms with E-state index in [1.807, 2.05) is 38.1 Å². The molecule has 0 atom stereocenters. The van der Waals surface area contributed by atoms with Crippen LogP contribution in [0.4, 0.5) is 16.2 Å². The molecule has 67 valence electrons. The van der Waals surface area contributed by atoms with Crippen molar-refractivity contribution >= 4 is 17.4 Å². The molecule has 0 spiro atoms. The fraction of sp³-hybridized carbons (Fsp3) is 0.300. The van der Waals surface area contributed by atoms with Gasteiger partial charge >= 0.3 is 6.03 Å². The molecule has 1 aliphatic heterocycles. The highest BCUT2D eigenvalue weighted by atomic mass is 16.2. The summed E-state index contributed by atoms with van der Waals surface area (Å²) in [6, 6.07) is 7.59. The summed E-state index contributed by atoms with van der Waals surface area (Å²) in [6.07, 6.45) is 0. The molecule has 0 aliphatic carbocycles. The number of para-hydroxylation sites is 2. The highest BCUT2D eigenvalue weighted by molar-refractivity contribution is 6.04. The molecule has 13 heavy (non-hydrogen) atoms. The number of benzene rings is 1. The van der Waals surface area contributed by atoms with Crippen molar-refractivity contribution in [1.82, 2.24) is 5.32 Å². The molecule has 0 N–H and O–H groups in total. The Hall–Kier alpha value is -1.51. The maximum absolute atomic E-state index is 11.4. The van der Waals surface area contributed by atoms with Crippen molar-refractivity contribution in [2.75, 3.05) is 4.90 Å². The van der Waals surface area contributed by atoms with E-state index in [4.69, 9.17) is 0 Å². The third-order valence-electron chi connectivity index (χ3n) is 2.08. The number of fused-ring (bicyclic) bond motifs is 1. The van der Waals surface area contributed by atoms with E-state index in [9.17, 15) is 4.79 Å². The third kappa shape index (κ3) is 1.16. The van der Waals surface area contributed by atoms with E-state index < -0.39 is 0 Å². The smallest absolute Gasteiger partial charge is 0.288 e. The van der Waals surface area contributed by atoms with Crippen molar-refractivity contribution in [2.45, 2.75) is 19.9 Å². The summed E-state index contributed by atoms with van der Waals surface area (Å²) in [5.41, 5.74) is 1.70. The third-order valence-corrected chi connectivity index (χ3v) is 2.08. The second kappa shape index (κ2) is 2.76. The first kappa shape index (κ1) is 8.10. The summed E-state index contributed by atoms with van der Waals surface area (Å²) in [5, 5.41) is 3.94. The van der Waals surface area contributed by atoms with Gasteiger partial charge in [-0.1, -0.05) is 12.1 Å². The molecular weight excluding hydrogens is 164 g/mol. The Balaban J connectivity index is 2.46. The Kier molecular flexibility index (Phi) is 1.72. The number of anilines is 1. The molecule has 2 rings (SSSR count). The van der Waals surface area contributed by atoms with E-state index in [0.717, 1.165) is 11.4 Å². The van der Waals surface area contributed by atoms with Crippen LogP contribution in [0.25, 0.3) is 0 Å². The normalized spacial score (nSPS) is 14.7. The number of hydrogen-bond acceptors (Lipinski definition) is 1. The predicted molar refractivity (Wildman–Crippen MR) is 51.2 cm³/mol. The monoisotopic (exact) mass is 175 g/mol. The Labute approximate surface area is 77.4 Å². The number of carbonyl (C=O) groups excluding carboxylic acids is 1. The van der Waals surface area contributed by atoms with Gasteiger partial charge in [0.15, 0.2) is 0 Å². The fourth-order valence-electron chi connectivity index (χ4n) is 1.52. The molecule has 1 aromatic carbocycles. The first-order valence-corrected chi connectivity index (χ1v) is 4.34. The van der Waals surface area contributed by atoms with Crippen LogP contribution in [0, 0.1) is 0 Å². The second-order valence-corrected chi connectivity index (χ2v) is 3.35. The summed E-state index contributed by atoms with van der Waals surface area (Å²) in [4.78, 5) is 13.1. The lowest BCUT2D eigenvalue weighted by Crippen LogP contribution is -2.34. The molecule has 0 unspecified atom stereocenters. The minimum atomic E-state index is -0.156. The van der Waals surface area contributed by atoms with Crippen molar-refractivity contribution in [3.8, 4) is 0 Å². The zero-order valence-electron chi connectivity index (χ0n) is 7.69. The van der Waals surface area contributed by atoms with Crippen LogP contribution < -0.4 is 10.2 Å². The van der Waals surface area contributed by atoms with Crippen LogP contribution in [0.2, 0.25) is 0 Å². The van der Waals surface area contributed by atoms with Gasteiger partial charge in [-0.3, -0.25) is 4.90 Å². The molecule has 0 saturated carbocycles. The second-order valence-electron chi connectivity index (χ2n) is 3.35. The lowest BCUT2D eigenvalue weighted by Gasteiger charge is -2.19. The van der Waals surface area contributed by atoms with E-state index in [2.05, 4.69) is 5.32 Å². The van der Waals surface area contributed by atoms with E-state index >= 15 is 0 Å². The Morgan fingerprint density at radius 1 is 1.31 bits per heavy atom. The van der Waals surface area contributed by atoms with Crippen molar-refractivity contribution in [3.05, 3.63) is 24.3 Å². The van der Waals surface area contributed by atoms with Gasteiger partial charge < -0.3 is 0 Å². The largest absolute Gasteiger partial charge is 0.348 e. The molecule has 0 aromatic heterocycles. The van der Waals surface area contributed by atoms with Gasteiger partial charge in [0.2, 0.25) is 0 Å². The summed E-state index contributed by atoms with van der Waals surface area (Å²) < 4.78 is 0. The average Bonchev–Trinajstić information content (AvgIpc) is 2.39. The Morgan fingerprint density at radius 3 is 2.69 bits per heavy atom. The molecule has 1 aliphatic rings. The molecule has 0 saturated heterocycles. The van der Waals surface area contributed by atoms with Gasteiger partial charge in [-0.15, -0.1) is 0 Å². The van der Waals surface area contributed by atoms with E-state index in [1.165, 1.54) is 0 Å². The average molecular weight is 175 g/mol. The summed E-state index contributed by atoms with van der Waals surface area (Å²) in [7, 11) is 0. The number of carbonyl (C=O) groups is 1. The number of rotatable bonds is 1. The molecule has 3 nitrogen and oxygen atoms in total. The molecule has 0 fully saturated rings. The number of amides is 2. The molecule has 0 bridgehead atoms. The first-order valence-electron chi connectivity index (χ1n) is 4.34. The lowest BCUT2D eigenvalue weighted by molar-refractivity contribution is 0.249. The number of nitrogens with zero attached hydrogens (tertiary/aromatic N) is 2. The van der Waals surface area contributed by atoms with Crippen LogP contribution in [0.15, 0.2) is 24.3 Å². The van der Waals surface area contributed by atoms with Gasteiger partial charge in [-0.2, -0.15) is 5.32 Å². The van der Waals surface area contributed by atoms with Gasteiger partial charge in [0.1, 0.15) is 0 Å². The van der Waals surface area contributed by atoms with Gasteiger partial charge in [-0.25, -0.2) is 4.79 Å².